The number of carbonyl (C=O) groups excluding carboxylic acids is 1. The lowest BCUT2D eigenvalue weighted by molar-refractivity contribution is -0.119. The molecule has 1 aromatic carbocycles. The molecule has 96 valence electrons. The van der Waals surface area contributed by atoms with Crippen LogP contribution in [0, 0.1) is 0 Å². The Morgan fingerprint density at radius 1 is 1.28 bits per heavy atom. The number of ether oxygens (including phenoxy) is 2. The van der Waals surface area contributed by atoms with Crippen molar-refractivity contribution >= 4 is 5.91 Å². The van der Waals surface area contributed by atoms with E-state index >= 15 is 0 Å². The molecule has 0 fully saturated rings. The maximum absolute atomic E-state index is 10.7. The molecular weight excluding hydrogens is 232 g/mol. The third-order valence-corrected chi connectivity index (χ3v) is 2.52. The fraction of sp³-hybridized carbons (Fsp3) is 0.308. The second-order valence-electron chi connectivity index (χ2n) is 4.09. The average molecular weight is 248 g/mol. The summed E-state index contributed by atoms with van der Waals surface area (Å²) in [5.74, 6) is 1.45. The Morgan fingerprint density at radius 3 is 2.83 bits per heavy atom. The average Bonchev–Trinajstić information content (AvgIpc) is 2.81. The van der Waals surface area contributed by atoms with Crippen molar-refractivity contribution in [1.82, 2.24) is 10.9 Å². The highest BCUT2D eigenvalue weighted by Gasteiger charge is 2.12. The standard InChI is InChI=1S/C13H16N2O3/c1-9(14-15-10(2)16)3-4-11-5-6-12-13(7-11)18-8-17-12/h3,5-7,14H,4,8H2,1-2H3,(H,15,16)/b9-3-. The first kappa shape index (κ1) is 12.3. The molecule has 0 bridgehead atoms. The molecule has 1 heterocycles. The van der Waals surface area contributed by atoms with Gasteiger partial charge in [0.1, 0.15) is 0 Å². The van der Waals surface area contributed by atoms with Gasteiger partial charge in [0.2, 0.25) is 12.7 Å². The highest BCUT2D eigenvalue weighted by molar-refractivity contribution is 5.72. The molecule has 0 saturated carbocycles. The number of allylic oxidation sites excluding steroid dienone is 2. The fourth-order valence-electron chi connectivity index (χ4n) is 1.58. The molecule has 0 spiro atoms. The summed E-state index contributed by atoms with van der Waals surface area (Å²) in [6.07, 6.45) is 2.75. The first-order valence-corrected chi connectivity index (χ1v) is 5.73. The third kappa shape index (κ3) is 3.16. The molecule has 2 N–H and O–H groups in total. The zero-order valence-electron chi connectivity index (χ0n) is 10.4. The Morgan fingerprint density at radius 2 is 2.06 bits per heavy atom. The van der Waals surface area contributed by atoms with E-state index in [4.69, 9.17) is 9.47 Å². The zero-order chi connectivity index (χ0) is 13.0. The summed E-state index contributed by atoms with van der Waals surface area (Å²) < 4.78 is 10.6. The van der Waals surface area contributed by atoms with Gasteiger partial charge in [-0.05, 0) is 31.0 Å². The van der Waals surface area contributed by atoms with Crippen LogP contribution >= 0.6 is 0 Å². The lowest BCUT2D eigenvalue weighted by atomic mass is 10.1. The van der Waals surface area contributed by atoms with Crippen molar-refractivity contribution < 1.29 is 14.3 Å². The van der Waals surface area contributed by atoms with E-state index in [-0.39, 0.29) is 12.7 Å². The summed E-state index contributed by atoms with van der Waals surface area (Å²) in [6.45, 7) is 3.64. The predicted octanol–water partition coefficient (Wildman–Crippen LogP) is 1.50. The molecule has 5 nitrogen and oxygen atoms in total. The van der Waals surface area contributed by atoms with Crippen LogP contribution in [0.25, 0.3) is 0 Å². The van der Waals surface area contributed by atoms with Gasteiger partial charge >= 0.3 is 0 Å². The summed E-state index contributed by atoms with van der Waals surface area (Å²) in [5.41, 5.74) is 7.35. The number of amides is 1. The van der Waals surface area contributed by atoms with Crippen molar-refractivity contribution in [2.24, 2.45) is 0 Å². The maximum atomic E-state index is 10.7. The highest BCUT2D eigenvalue weighted by Crippen LogP contribution is 2.32. The Balaban J connectivity index is 1.93. The molecule has 5 heteroatoms. The van der Waals surface area contributed by atoms with Gasteiger partial charge in [0.15, 0.2) is 11.5 Å². The van der Waals surface area contributed by atoms with Gasteiger partial charge in [-0.1, -0.05) is 12.1 Å². The lowest BCUT2D eigenvalue weighted by Crippen LogP contribution is -2.34. The van der Waals surface area contributed by atoms with Gasteiger partial charge in [-0.25, -0.2) is 0 Å². The van der Waals surface area contributed by atoms with Crippen molar-refractivity contribution in [2.75, 3.05) is 6.79 Å². The van der Waals surface area contributed by atoms with E-state index in [2.05, 4.69) is 10.9 Å². The molecule has 0 saturated heterocycles. The topological polar surface area (TPSA) is 59.6 Å². The second-order valence-corrected chi connectivity index (χ2v) is 4.09. The van der Waals surface area contributed by atoms with Crippen molar-refractivity contribution in [3.05, 3.63) is 35.5 Å². The Labute approximate surface area is 106 Å². The summed E-state index contributed by atoms with van der Waals surface area (Å²) >= 11 is 0. The van der Waals surface area contributed by atoms with Crippen molar-refractivity contribution in [1.29, 1.82) is 0 Å². The SMILES string of the molecule is CC(=O)NN/C(C)=C\Cc1ccc2c(c1)OCO2. The van der Waals surface area contributed by atoms with Crippen LogP contribution in [0.2, 0.25) is 0 Å². The molecule has 0 atom stereocenters. The second kappa shape index (κ2) is 5.44. The first-order chi connectivity index (χ1) is 8.65. The van der Waals surface area contributed by atoms with Crippen LogP contribution in [0.3, 0.4) is 0 Å². The minimum Gasteiger partial charge on any atom is -0.454 e. The number of fused-ring (bicyclic) bond motifs is 1. The van der Waals surface area contributed by atoms with E-state index in [0.717, 1.165) is 29.2 Å². The number of nitrogens with one attached hydrogen (secondary N) is 2. The van der Waals surface area contributed by atoms with Crippen molar-refractivity contribution in [2.45, 2.75) is 20.3 Å². The summed E-state index contributed by atoms with van der Waals surface area (Å²) in [4.78, 5) is 10.7. The summed E-state index contributed by atoms with van der Waals surface area (Å²) in [6, 6.07) is 5.86. The molecule has 0 radical (unpaired) electrons. The molecule has 1 aliphatic heterocycles. The van der Waals surface area contributed by atoms with Crippen molar-refractivity contribution in [3.8, 4) is 11.5 Å². The van der Waals surface area contributed by atoms with Gasteiger partial charge in [0.25, 0.3) is 0 Å². The van der Waals surface area contributed by atoms with Gasteiger partial charge < -0.3 is 14.9 Å². The largest absolute Gasteiger partial charge is 0.454 e. The first-order valence-electron chi connectivity index (χ1n) is 5.73. The number of hydrazine groups is 1. The molecule has 0 aromatic heterocycles. The third-order valence-electron chi connectivity index (χ3n) is 2.52. The van der Waals surface area contributed by atoms with Crippen LogP contribution in [-0.2, 0) is 11.2 Å². The molecular formula is C13H16N2O3. The van der Waals surface area contributed by atoms with Gasteiger partial charge in [0, 0.05) is 12.6 Å². The van der Waals surface area contributed by atoms with Crippen molar-refractivity contribution in [3.63, 3.8) is 0 Å². The monoisotopic (exact) mass is 248 g/mol. The molecule has 18 heavy (non-hydrogen) atoms. The van der Waals surface area contributed by atoms with Crippen LogP contribution in [0.1, 0.15) is 19.4 Å². The summed E-state index contributed by atoms with van der Waals surface area (Å²) in [7, 11) is 0. The number of rotatable bonds is 4. The van der Waals surface area contributed by atoms with Crippen LogP contribution in [-0.4, -0.2) is 12.7 Å². The number of benzene rings is 1. The van der Waals surface area contributed by atoms with Crippen LogP contribution in [0.5, 0.6) is 11.5 Å². The van der Waals surface area contributed by atoms with Gasteiger partial charge in [-0.2, -0.15) is 0 Å². The van der Waals surface area contributed by atoms with E-state index < -0.39 is 0 Å². The van der Waals surface area contributed by atoms with E-state index in [1.807, 2.05) is 31.2 Å². The normalized spacial score (nSPS) is 13.3. The van der Waals surface area contributed by atoms with E-state index in [0.29, 0.717) is 0 Å². The minimum absolute atomic E-state index is 0.120. The summed E-state index contributed by atoms with van der Waals surface area (Å²) in [5, 5.41) is 0. The van der Waals surface area contributed by atoms with Gasteiger partial charge in [-0.15, -0.1) is 0 Å². The maximum Gasteiger partial charge on any atom is 0.235 e. The molecule has 0 unspecified atom stereocenters. The molecule has 2 rings (SSSR count). The predicted molar refractivity (Wildman–Crippen MR) is 67.0 cm³/mol. The Kier molecular flexibility index (Phi) is 3.72. The smallest absolute Gasteiger partial charge is 0.235 e. The van der Waals surface area contributed by atoms with Gasteiger partial charge in [0.05, 0.1) is 0 Å². The fourth-order valence-corrected chi connectivity index (χ4v) is 1.58. The molecule has 1 aromatic rings. The van der Waals surface area contributed by atoms with Crippen LogP contribution in [0.15, 0.2) is 30.0 Å². The molecule has 1 amide bonds. The van der Waals surface area contributed by atoms with E-state index in [9.17, 15) is 4.79 Å². The Hall–Kier alpha value is -2.17. The van der Waals surface area contributed by atoms with Gasteiger partial charge in [-0.3, -0.25) is 10.2 Å². The quantitative estimate of drug-likeness (QED) is 0.793. The zero-order valence-corrected chi connectivity index (χ0v) is 10.4. The van der Waals surface area contributed by atoms with Crippen LogP contribution < -0.4 is 20.3 Å². The lowest BCUT2D eigenvalue weighted by Gasteiger charge is -2.06. The number of carbonyl (C=O) groups is 1. The number of hydrogen-bond acceptors (Lipinski definition) is 4. The number of hydrogen-bond donors (Lipinski definition) is 2. The Bertz CT molecular complexity index is 483. The molecule has 0 aliphatic carbocycles. The highest BCUT2D eigenvalue weighted by atomic mass is 16.7. The molecule has 1 aliphatic rings. The van der Waals surface area contributed by atoms with Crippen LogP contribution in [0.4, 0.5) is 0 Å². The van der Waals surface area contributed by atoms with E-state index in [1.165, 1.54) is 6.92 Å². The minimum atomic E-state index is -0.120. The van der Waals surface area contributed by atoms with E-state index in [1.54, 1.807) is 0 Å².